The van der Waals surface area contributed by atoms with Crippen molar-refractivity contribution in [3.8, 4) is 0 Å². The molecule has 0 radical (unpaired) electrons. The van der Waals surface area contributed by atoms with E-state index in [1.165, 1.54) is 218 Å². The number of hydrogen-bond donors (Lipinski definition) is 0. The van der Waals surface area contributed by atoms with Crippen molar-refractivity contribution in [2.75, 3.05) is 13.2 Å². The molecular weight excluding hydrogens is 793 g/mol. The van der Waals surface area contributed by atoms with Gasteiger partial charge in [-0.3, -0.25) is 14.4 Å². The van der Waals surface area contributed by atoms with Gasteiger partial charge in [0.15, 0.2) is 6.10 Å². The van der Waals surface area contributed by atoms with Gasteiger partial charge in [-0.05, 0) is 44.9 Å². The van der Waals surface area contributed by atoms with E-state index in [1.807, 2.05) is 0 Å². The number of carbonyl (C=O) groups excluding carboxylic acids is 3. The van der Waals surface area contributed by atoms with Crippen LogP contribution in [0.4, 0.5) is 0 Å². The highest BCUT2D eigenvalue weighted by Crippen LogP contribution is 2.17. The van der Waals surface area contributed by atoms with Gasteiger partial charge < -0.3 is 14.2 Å². The molecule has 1 atom stereocenters. The van der Waals surface area contributed by atoms with Crippen LogP contribution in [0.5, 0.6) is 0 Å². The van der Waals surface area contributed by atoms with Crippen LogP contribution in [0.25, 0.3) is 0 Å². The van der Waals surface area contributed by atoms with Crippen molar-refractivity contribution in [2.45, 2.75) is 329 Å². The summed E-state index contributed by atoms with van der Waals surface area (Å²) < 4.78 is 16.9. The van der Waals surface area contributed by atoms with Gasteiger partial charge in [0.1, 0.15) is 13.2 Å². The lowest BCUT2D eigenvalue weighted by Crippen LogP contribution is -2.30. The molecule has 0 aliphatic heterocycles. The van der Waals surface area contributed by atoms with Crippen LogP contribution in [0.15, 0.2) is 12.2 Å². The van der Waals surface area contributed by atoms with Crippen LogP contribution < -0.4 is 0 Å². The summed E-state index contributed by atoms with van der Waals surface area (Å²) in [4.78, 5) is 38.1. The Hall–Kier alpha value is -1.85. The molecule has 0 rings (SSSR count). The molecule has 0 unspecified atom stereocenters. The van der Waals surface area contributed by atoms with Crippen LogP contribution in [-0.4, -0.2) is 37.2 Å². The Morgan fingerprint density at radius 3 is 0.812 bits per heavy atom. The quantitative estimate of drug-likeness (QED) is 0.0262. The Kier molecular flexibility index (Phi) is 52.2. The van der Waals surface area contributed by atoms with Crippen molar-refractivity contribution in [1.29, 1.82) is 0 Å². The van der Waals surface area contributed by atoms with Crippen molar-refractivity contribution in [3.63, 3.8) is 0 Å². The number of rotatable bonds is 53. The molecule has 6 nitrogen and oxygen atoms in total. The van der Waals surface area contributed by atoms with E-state index < -0.39 is 6.10 Å². The first kappa shape index (κ1) is 62.1. The maximum atomic E-state index is 12.8. The zero-order chi connectivity index (χ0) is 46.5. The number of carbonyl (C=O) groups is 3. The first-order chi connectivity index (χ1) is 31.5. The van der Waals surface area contributed by atoms with Crippen LogP contribution in [0.1, 0.15) is 323 Å². The Morgan fingerprint density at radius 1 is 0.297 bits per heavy atom. The molecule has 0 aromatic rings. The largest absolute Gasteiger partial charge is 0.462 e. The molecular formula is C58H110O6. The Morgan fingerprint density at radius 2 is 0.516 bits per heavy atom. The standard InChI is InChI=1S/C58H110O6/c1-4-7-10-13-16-19-22-25-27-29-31-33-36-39-42-45-48-51-57(60)63-54-55(53-62-56(59)50-47-44-41-38-35-24-21-18-15-12-9-6-3)64-58(61)52-49-46-43-40-37-34-32-30-28-26-23-20-17-14-11-8-5-2/h18,21,55H,4-17,19-20,22-54H2,1-3H3/b21-18-/t55-/m1/s1. The second kappa shape index (κ2) is 53.8. The van der Waals surface area contributed by atoms with Gasteiger partial charge in [0, 0.05) is 19.3 Å². The zero-order valence-corrected chi connectivity index (χ0v) is 43.3. The van der Waals surface area contributed by atoms with Crippen molar-refractivity contribution in [3.05, 3.63) is 12.2 Å². The van der Waals surface area contributed by atoms with Gasteiger partial charge in [0.05, 0.1) is 0 Å². The molecule has 0 bridgehead atoms. The number of hydrogen-bond acceptors (Lipinski definition) is 6. The first-order valence-electron chi connectivity index (χ1n) is 28.7. The summed E-state index contributed by atoms with van der Waals surface area (Å²) in [6, 6.07) is 0. The fraction of sp³-hybridized carbons (Fsp3) is 0.914. The SMILES string of the molecule is CCCCC/C=C\CCCCCCCC(=O)OC[C@H](COC(=O)CCCCCCCCCCCCCCCCCCC)OC(=O)CCCCCCCCCCCCCCCCCCC. The fourth-order valence-corrected chi connectivity index (χ4v) is 8.68. The number of unbranched alkanes of at least 4 members (excludes halogenated alkanes) is 40. The minimum Gasteiger partial charge on any atom is -0.462 e. The molecule has 0 aromatic heterocycles. The molecule has 0 aliphatic carbocycles. The minimum absolute atomic E-state index is 0.0666. The Bertz CT molecular complexity index is 993. The molecule has 378 valence electrons. The highest BCUT2D eigenvalue weighted by atomic mass is 16.6. The van der Waals surface area contributed by atoms with E-state index in [0.717, 1.165) is 64.2 Å². The summed E-state index contributed by atoms with van der Waals surface area (Å²) in [7, 11) is 0. The monoisotopic (exact) mass is 903 g/mol. The third-order valence-corrected chi connectivity index (χ3v) is 13.0. The van der Waals surface area contributed by atoms with Gasteiger partial charge in [0.25, 0.3) is 0 Å². The summed E-state index contributed by atoms with van der Waals surface area (Å²) in [6.45, 7) is 6.67. The van der Waals surface area contributed by atoms with Gasteiger partial charge in [-0.1, -0.05) is 270 Å². The zero-order valence-electron chi connectivity index (χ0n) is 43.3. The maximum absolute atomic E-state index is 12.8. The van der Waals surface area contributed by atoms with Gasteiger partial charge in [-0.2, -0.15) is 0 Å². The van der Waals surface area contributed by atoms with Crippen molar-refractivity contribution >= 4 is 17.9 Å². The van der Waals surface area contributed by atoms with E-state index in [2.05, 4.69) is 32.9 Å². The predicted molar refractivity (Wildman–Crippen MR) is 275 cm³/mol. The normalized spacial score (nSPS) is 12.0. The van der Waals surface area contributed by atoms with Crippen LogP contribution in [0.2, 0.25) is 0 Å². The maximum Gasteiger partial charge on any atom is 0.306 e. The lowest BCUT2D eigenvalue weighted by Gasteiger charge is -2.18. The van der Waals surface area contributed by atoms with Crippen molar-refractivity contribution in [2.24, 2.45) is 0 Å². The second-order valence-corrected chi connectivity index (χ2v) is 19.6. The van der Waals surface area contributed by atoms with Gasteiger partial charge in [0.2, 0.25) is 0 Å². The molecule has 0 saturated heterocycles. The van der Waals surface area contributed by atoms with E-state index in [1.54, 1.807) is 0 Å². The predicted octanol–water partition coefficient (Wildman–Crippen LogP) is 18.9. The van der Waals surface area contributed by atoms with Gasteiger partial charge in [-0.25, -0.2) is 0 Å². The van der Waals surface area contributed by atoms with Gasteiger partial charge >= 0.3 is 17.9 Å². The minimum atomic E-state index is -0.767. The first-order valence-corrected chi connectivity index (χ1v) is 28.7. The third-order valence-electron chi connectivity index (χ3n) is 13.0. The van der Waals surface area contributed by atoms with Crippen LogP contribution >= 0.6 is 0 Å². The van der Waals surface area contributed by atoms with Crippen molar-refractivity contribution < 1.29 is 28.6 Å². The van der Waals surface area contributed by atoms with Crippen LogP contribution in [0.3, 0.4) is 0 Å². The van der Waals surface area contributed by atoms with E-state index >= 15 is 0 Å². The summed E-state index contributed by atoms with van der Waals surface area (Å²) in [5.74, 6) is -0.852. The average Bonchev–Trinajstić information content (AvgIpc) is 3.29. The van der Waals surface area contributed by atoms with E-state index in [9.17, 15) is 14.4 Å². The summed E-state index contributed by atoms with van der Waals surface area (Å²) in [5, 5.41) is 0. The van der Waals surface area contributed by atoms with Gasteiger partial charge in [-0.15, -0.1) is 0 Å². The highest BCUT2D eigenvalue weighted by Gasteiger charge is 2.19. The van der Waals surface area contributed by atoms with E-state index in [-0.39, 0.29) is 31.1 Å². The molecule has 0 aromatic carbocycles. The average molecular weight is 904 g/mol. The lowest BCUT2D eigenvalue weighted by molar-refractivity contribution is -0.167. The molecule has 0 N–H and O–H groups in total. The van der Waals surface area contributed by atoms with E-state index in [0.29, 0.717) is 19.3 Å². The molecule has 0 amide bonds. The molecule has 64 heavy (non-hydrogen) atoms. The number of ether oxygens (including phenoxy) is 3. The molecule has 0 saturated carbocycles. The van der Waals surface area contributed by atoms with Crippen molar-refractivity contribution in [1.82, 2.24) is 0 Å². The summed E-state index contributed by atoms with van der Waals surface area (Å²) >= 11 is 0. The highest BCUT2D eigenvalue weighted by molar-refractivity contribution is 5.71. The number of esters is 3. The topological polar surface area (TPSA) is 78.9 Å². The third kappa shape index (κ3) is 51.1. The summed E-state index contributed by atoms with van der Waals surface area (Å²) in [5.41, 5.74) is 0. The lowest BCUT2D eigenvalue weighted by atomic mass is 10.0. The molecule has 0 spiro atoms. The summed E-state index contributed by atoms with van der Waals surface area (Å²) in [6.07, 6.45) is 60.6. The van der Waals surface area contributed by atoms with E-state index in [4.69, 9.17) is 14.2 Å². The van der Waals surface area contributed by atoms with Crippen LogP contribution in [0, 0.1) is 0 Å². The molecule has 0 heterocycles. The number of allylic oxidation sites excluding steroid dienone is 2. The second-order valence-electron chi connectivity index (χ2n) is 19.6. The molecule has 6 heteroatoms. The Labute approximate surface area is 399 Å². The smallest absolute Gasteiger partial charge is 0.306 e. The Balaban J connectivity index is 4.29. The molecule has 0 aliphatic rings. The fourth-order valence-electron chi connectivity index (χ4n) is 8.68. The van der Waals surface area contributed by atoms with Crippen LogP contribution in [-0.2, 0) is 28.6 Å². The molecule has 0 fully saturated rings.